The number of alkyl halides is 3. The van der Waals surface area contributed by atoms with Gasteiger partial charge in [-0.15, -0.1) is 12.4 Å². The summed E-state index contributed by atoms with van der Waals surface area (Å²) in [6, 6.07) is 2.86. The van der Waals surface area contributed by atoms with E-state index in [0.29, 0.717) is 12.2 Å². The molecule has 1 rings (SSSR count). The smallest absolute Gasteiger partial charge is 0.422 e. The zero-order valence-corrected chi connectivity index (χ0v) is 10.5. The van der Waals surface area contributed by atoms with Gasteiger partial charge in [0.15, 0.2) is 6.61 Å². The molecule has 0 saturated heterocycles. The molecule has 0 aliphatic rings. The Labute approximate surface area is 109 Å². The monoisotopic (exact) mass is 286 g/mol. The normalized spacial score (nSPS) is 10.7. The summed E-state index contributed by atoms with van der Waals surface area (Å²) < 4.78 is 45.4. The van der Waals surface area contributed by atoms with Crippen LogP contribution in [0.15, 0.2) is 12.1 Å². The first-order chi connectivity index (χ1) is 7.96. The Morgan fingerprint density at radius 2 is 1.94 bits per heavy atom. The maximum absolute atomic E-state index is 11.9. The number of aromatic nitrogens is 1. The largest absolute Gasteiger partial charge is 0.478 e. The molecule has 0 saturated carbocycles. The quantitative estimate of drug-likeness (QED) is 0.902. The minimum Gasteiger partial charge on any atom is -0.478 e. The third kappa shape index (κ3) is 5.42. The first kappa shape index (κ1) is 16.8. The molecular weight excluding hydrogens is 273 g/mol. The van der Waals surface area contributed by atoms with E-state index in [4.69, 9.17) is 10.5 Å². The summed E-state index contributed by atoms with van der Waals surface area (Å²) in [5.41, 5.74) is 6.05. The van der Waals surface area contributed by atoms with E-state index in [1.165, 1.54) is 12.1 Å². The Morgan fingerprint density at radius 1 is 1.28 bits per heavy atom. The van der Waals surface area contributed by atoms with E-state index < -0.39 is 12.8 Å². The highest BCUT2D eigenvalue weighted by Gasteiger charge is 2.28. The molecule has 0 aliphatic heterocycles. The number of nitrogens with two attached hydrogens (primary N) is 1. The predicted molar refractivity (Wildman–Crippen MR) is 62.1 cm³/mol. The lowest BCUT2D eigenvalue weighted by Crippen LogP contribution is -2.19. The van der Waals surface area contributed by atoms with Crippen molar-refractivity contribution < 1.29 is 22.6 Å². The summed E-state index contributed by atoms with van der Waals surface area (Å²) >= 11 is 0. The van der Waals surface area contributed by atoms with Crippen LogP contribution in [0.3, 0.4) is 0 Å². The second-order valence-electron chi connectivity index (χ2n) is 3.15. The first-order valence-corrected chi connectivity index (χ1v) is 4.98. The zero-order valence-electron chi connectivity index (χ0n) is 9.66. The fourth-order valence-corrected chi connectivity index (χ4v) is 1.11. The molecule has 18 heavy (non-hydrogen) atoms. The van der Waals surface area contributed by atoms with Crippen molar-refractivity contribution in [3.8, 4) is 11.8 Å². The molecule has 0 unspecified atom stereocenters. The van der Waals surface area contributed by atoms with Crippen LogP contribution in [0.1, 0.15) is 12.5 Å². The number of pyridine rings is 1. The van der Waals surface area contributed by atoms with Crippen LogP contribution in [0.2, 0.25) is 0 Å². The van der Waals surface area contributed by atoms with Gasteiger partial charge in [0, 0.05) is 18.2 Å². The van der Waals surface area contributed by atoms with Crippen LogP contribution >= 0.6 is 12.4 Å². The summed E-state index contributed by atoms with van der Waals surface area (Å²) in [5.74, 6) is 0.0673. The number of rotatable bonds is 5. The van der Waals surface area contributed by atoms with Gasteiger partial charge in [0.05, 0.1) is 6.61 Å². The summed E-state index contributed by atoms with van der Waals surface area (Å²) in [6.45, 7) is 0.906. The van der Waals surface area contributed by atoms with E-state index in [0.717, 1.165) is 0 Å². The van der Waals surface area contributed by atoms with Crippen molar-refractivity contribution in [2.75, 3.05) is 13.2 Å². The van der Waals surface area contributed by atoms with Gasteiger partial charge in [-0.25, -0.2) is 0 Å². The standard InChI is InChI=1S/C10H13F3N2O2.ClH/c1-2-16-9-7(5-14)3-4-8(15-9)17-6-10(11,12)13;/h3-4H,2,5-6,14H2,1H3;1H. The van der Waals surface area contributed by atoms with Crippen molar-refractivity contribution >= 4 is 12.4 Å². The lowest BCUT2D eigenvalue weighted by molar-refractivity contribution is -0.154. The molecule has 0 amide bonds. The average molecular weight is 287 g/mol. The van der Waals surface area contributed by atoms with Gasteiger partial charge in [0.25, 0.3) is 0 Å². The Bertz CT molecular complexity index is 375. The van der Waals surface area contributed by atoms with Gasteiger partial charge >= 0.3 is 6.18 Å². The fraction of sp³-hybridized carbons (Fsp3) is 0.500. The second-order valence-corrected chi connectivity index (χ2v) is 3.15. The van der Waals surface area contributed by atoms with Gasteiger partial charge in [0.2, 0.25) is 11.8 Å². The molecular formula is C10H14ClF3N2O2. The van der Waals surface area contributed by atoms with Crippen LogP contribution < -0.4 is 15.2 Å². The van der Waals surface area contributed by atoms with E-state index in [1.807, 2.05) is 0 Å². The zero-order chi connectivity index (χ0) is 12.9. The maximum atomic E-state index is 11.9. The van der Waals surface area contributed by atoms with Gasteiger partial charge in [-0.2, -0.15) is 18.2 Å². The molecule has 8 heteroatoms. The molecule has 0 atom stereocenters. The number of hydrogen-bond acceptors (Lipinski definition) is 4. The summed E-state index contributed by atoms with van der Waals surface area (Å²) in [6.07, 6.45) is -4.39. The van der Waals surface area contributed by atoms with Gasteiger partial charge in [-0.1, -0.05) is 0 Å². The predicted octanol–water partition coefficient (Wildman–Crippen LogP) is 2.30. The third-order valence-corrected chi connectivity index (χ3v) is 1.80. The summed E-state index contributed by atoms with van der Waals surface area (Å²) in [5, 5.41) is 0. The highest BCUT2D eigenvalue weighted by atomic mass is 35.5. The van der Waals surface area contributed by atoms with Crippen LogP contribution in [0.25, 0.3) is 0 Å². The summed E-state index contributed by atoms with van der Waals surface area (Å²) in [7, 11) is 0. The number of ether oxygens (including phenoxy) is 2. The van der Waals surface area contributed by atoms with Crippen LogP contribution in [0, 0.1) is 0 Å². The van der Waals surface area contributed by atoms with Gasteiger partial charge in [-0.05, 0) is 13.0 Å². The highest BCUT2D eigenvalue weighted by molar-refractivity contribution is 5.85. The molecule has 1 heterocycles. The molecule has 104 valence electrons. The lowest BCUT2D eigenvalue weighted by atomic mass is 10.3. The molecule has 0 aliphatic carbocycles. The number of nitrogens with zero attached hydrogens (tertiary/aromatic N) is 1. The molecule has 0 aromatic carbocycles. The minimum absolute atomic E-state index is 0. The topological polar surface area (TPSA) is 57.4 Å². The third-order valence-electron chi connectivity index (χ3n) is 1.80. The Balaban J connectivity index is 0.00000289. The molecule has 4 nitrogen and oxygen atoms in total. The van der Waals surface area contributed by atoms with E-state index in [9.17, 15) is 13.2 Å². The van der Waals surface area contributed by atoms with Crippen molar-refractivity contribution in [2.45, 2.75) is 19.6 Å². The molecule has 0 bridgehead atoms. The van der Waals surface area contributed by atoms with Crippen molar-refractivity contribution in [3.05, 3.63) is 17.7 Å². The fourth-order valence-electron chi connectivity index (χ4n) is 1.11. The van der Waals surface area contributed by atoms with Crippen LogP contribution in [0.5, 0.6) is 11.8 Å². The van der Waals surface area contributed by atoms with Crippen molar-refractivity contribution in [3.63, 3.8) is 0 Å². The average Bonchev–Trinajstić information content (AvgIpc) is 2.26. The SMILES string of the molecule is CCOc1nc(OCC(F)(F)F)ccc1CN.Cl. The molecule has 0 spiro atoms. The van der Waals surface area contributed by atoms with Gasteiger partial charge < -0.3 is 15.2 Å². The highest BCUT2D eigenvalue weighted by Crippen LogP contribution is 2.22. The maximum Gasteiger partial charge on any atom is 0.422 e. The van der Waals surface area contributed by atoms with E-state index >= 15 is 0 Å². The number of hydrogen-bond donors (Lipinski definition) is 1. The van der Waals surface area contributed by atoms with Crippen molar-refractivity contribution in [1.29, 1.82) is 0 Å². The van der Waals surface area contributed by atoms with Crippen LogP contribution in [-0.4, -0.2) is 24.4 Å². The first-order valence-electron chi connectivity index (χ1n) is 4.98. The van der Waals surface area contributed by atoms with E-state index in [2.05, 4.69) is 9.72 Å². The van der Waals surface area contributed by atoms with E-state index in [-0.39, 0.29) is 30.7 Å². The molecule has 1 aromatic heterocycles. The Hall–Kier alpha value is -1.21. The van der Waals surface area contributed by atoms with Crippen LogP contribution in [-0.2, 0) is 6.54 Å². The second kappa shape index (κ2) is 7.27. The molecule has 1 aromatic rings. The molecule has 0 radical (unpaired) electrons. The van der Waals surface area contributed by atoms with Crippen molar-refractivity contribution in [1.82, 2.24) is 4.98 Å². The van der Waals surface area contributed by atoms with Crippen LogP contribution in [0.4, 0.5) is 13.2 Å². The Morgan fingerprint density at radius 3 is 2.44 bits per heavy atom. The van der Waals surface area contributed by atoms with E-state index in [1.54, 1.807) is 6.92 Å². The van der Waals surface area contributed by atoms with Gasteiger partial charge in [-0.3, -0.25) is 0 Å². The Kier molecular flexibility index (Phi) is 6.79. The lowest BCUT2D eigenvalue weighted by Gasteiger charge is -2.11. The van der Waals surface area contributed by atoms with Crippen molar-refractivity contribution in [2.24, 2.45) is 5.73 Å². The number of halogens is 4. The molecule has 0 fully saturated rings. The molecule has 2 N–H and O–H groups in total. The summed E-state index contributed by atoms with van der Waals surface area (Å²) in [4.78, 5) is 3.81. The minimum atomic E-state index is -4.39. The van der Waals surface area contributed by atoms with Gasteiger partial charge in [0.1, 0.15) is 0 Å².